The lowest BCUT2D eigenvalue weighted by Gasteiger charge is -2.45. The highest BCUT2D eigenvalue weighted by Crippen LogP contribution is 2.64. The topological polar surface area (TPSA) is 9.23 Å². The molecule has 0 spiro atoms. The minimum atomic E-state index is 0.337. The van der Waals surface area contributed by atoms with Crippen LogP contribution in [-0.2, 0) is 0 Å². The Kier molecular flexibility index (Phi) is 5.86. The lowest BCUT2D eigenvalue weighted by molar-refractivity contribution is 0.0190. The third-order valence-corrected chi connectivity index (χ3v) is 7.73. The summed E-state index contributed by atoms with van der Waals surface area (Å²) in [6, 6.07) is 19.2. The second kappa shape index (κ2) is 8.38. The molecular weight excluding hydrogens is 352 g/mol. The van der Waals surface area contributed by atoms with Gasteiger partial charge in [-0.05, 0) is 72.1 Å². The van der Waals surface area contributed by atoms with Crippen LogP contribution in [0.5, 0.6) is 5.75 Å². The zero-order chi connectivity index (χ0) is 20.4. The predicted octanol–water partition coefficient (Wildman–Crippen LogP) is 7.63. The zero-order valence-corrected chi connectivity index (χ0v) is 18.5. The molecule has 0 aromatic heterocycles. The number of rotatable bonds is 4. The molecule has 0 amide bonds. The fourth-order valence-corrected chi connectivity index (χ4v) is 6.48. The van der Waals surface area contributed by atoms with E-state index in [2.05, 4.69) is 80.6 Å². The molecule has 1 heteroatoms. The van der Waals surface area contributed by atoms with E-state index in [0.717, 1.165) is 41.9 Å². The van der Waals surface area contributed by atoms with Crippen LogP contribution >= 0.6 is 0 Å². The van der Waals surface area contributed by atoms with Gasteiger partial charge in [0.2, 0.25) is 0 Å². The van der Waals surface area contributed by atoms with Crippen molar-refractivity contribution in [1.29, 1.82) is 0 Å². The average molecular weight is 389 g/mol. The quantitative estimate of drug-likeness (QED) is 0.489. The molecule has 154 valence electrons. The van der Waals surface area contributed by atoms with E-state index in [-0.39, 0.29) is 0 Å². The second-order valence-electron chi connectivity index (χ2n) is 9.40. The van der Waals surface area contributed by atoms with Gasteiger partial charge in [-0.3, -0.25) is 0 Å². The van der Waals surface area contributed by atoms with E-state index in [1.54, 1.807) is 0 Å². The molecule has 0 saturated heterocycles. The molecule has 3 aliphatic rings. The van der Waals surface area contributed by atoms with Gasteiger partial charge in [-0.15, -0.1) is 0 Å². The maximum Gasteiger partial charge on any atom is 0.119 e. The van der Waals surface area contributed by atoms with Gasteiger partial charge in [-0.2, -0.15) is 0 Å². The van der Waals surface area contributed by atoms with Crippen molar-refractivity contribution in [2.75, 3.05) is 6.61 Å². The summed E-state index contributed by atoms with van der Waals surface area (Å²) in [5.41, 5.74) is 2.85. The van der Waals surface area contributed by atoms with E-state index in [1.165, 1.54) is 30.4 Å². The lowest BCUT2D eigenvalue weighted by Crippen LogP contribution is -2.42. The zero-order valence-electron chi connectivity index (χ0n) is 18.5. The van der Waals surface area contributed by atoms with Crippen molar-refractivity contribution in [3.05, 3.63) is 66.7 Å². The van der Waals surface area contributed by atoms with Crippen LogP contribution in [0.2, 0.25) is 0 Å². The van der Waals surface area contributed by atoms with Gasteiger partial charge in [0.05, 0.1) is 6.61 Å². The number of fused-ring (bicyclic) bond motifs is 5. The third-order valence-electron chi connectivity index (χ3n) is 7.73. The number of ether oxygens (including phenoxy) is 1. The summed E-state index contributed by atoms with van der Waals surface area (Å²) in [6.45, 7) is 9.77. The minimum absolute atomic E-state index is 0.337. The van der Waals surface area contributed by atoms with Gasteiger partial charge >= 0.3 is 0 Å². The fourth-order valence-electron chi connectivity index (χ4n) is 6.48. The molecule has 2 saturated carbocycles. The molecule has 2 fully saturated rings. The van der Waals surface area contributed by atoms with Gasteiger partial charge in [-0.25, -0.2) is 0 Å². The van der Waals surface area contributed by atoms with Crippen LogP contribution in [0.25, 0.3) is 11.1 Å². The standard InChI is InChI=1S/C26H30O.C2H6/c1-18-7-6-10-23-21-15-24(25(18)23)26(2,16-21)17-27-22-13-11-20(12-14-22)19-8-4-3-5-9-19;1-2/h3-9,11-14,18,21,23-25H,10,15-17H2,1-2H3;1-2H3. The highest BCUT2D eigenvalue weighted by atomic mass is 16.5. The van der Waals surface area contributed by atoms with Gasteiger partial charge in [-0.1, -0.05) is 82.3 Å². The highest BCUT2D eigenvalue weighted by molar-refractivity contribution is 5.63. The van der Waals surface area contributed by atoms with Crippen LogP contribution in [0.4, 0.5) is 0 Å². The first-order chi connectivity index (χ1) is 14.1. The number of hydrogen-bond acceptors (Lipinski definition) is 1. The van der Waals surface area contributed by atoms with Crippen molar-refractivity contribution in [2.24, 2.45) is 35.0 Å². The van der Waals surface area contributed by atoms with Crippen molar-refractivity contribution >= 4 is 0 Å². The molecule has 2 bridgehead atoms. The van der Waals surface area contributed by atoms with Crippen LogP contribution in [0.1, 0.15) is 47.0 Å². The van der Waals surface area contributed by atoms with Gasteiger partial charge in [0.15, 0.2) is 0 Å². The number of hydrogen-bond donors (Lipinski definition) is 0. The van der Waals surface area contributed by atoms with E-state index < -0.39 is 0 Å². The summed E-state index contributed by atoms with van der Waals surface area (Å²) in [4.78, 5) is 0. The van der Waals surface area contributed by atoms with Crippen molar-refractivity contribution in [2.45, 2.75) is 47.0 Å². The van der Waals surface area contributed by atoms with Gasteiger partial charge < -0.3 is 4.74 Å². The molecule has 5 rings (SSSR count). The van der Waals surface area contributed by atoms with Gasteiger partial charge in [0.1, 0.15) is 5.75 Å². The van der Waals surface area contributed by atoms with Gasteiger partial charge in [0.25, 0.3) is 0 Å². The Morgan fingerprint density at radius 3 is 2.38 bits per heavy atom. The summed E-state index contributed by atoms with van der Waals surface area (Å²) in [5, 5.41) is 0. The summed E-state index contributed by atoms with van der Waals surface area (Å²) in [7, 11) is 0. The Hall–Kier alpha value is -2.02. The van der Waals surface area contributed by atoms with Crippen LogP contribution in [0, 0.1) is 35.0 Å². The van der Waals surface area contributed by atoms with Crippen molar-refractivity contribution < 1.29 is 4.74 Å². The van der Waals surface area contributed by atoms with Gasteiger partial charge in [0, 0.05) is 5.41 Å². The Balaban J connectivity index is 0.000000994. The van der Waals surface area contributed by atoms with Crippen LogP contribution < -0.4 is 4.74 Å². The van der Waals surface area contributed by atoms with E-state index in [0.29, 0.717) is 5.41 Å². The van der Waals surface area contributed by atoms with Crippen LogP contribution in [0.3, 0.4) is 0 Å². The molecular formula is C28H36O. The van der Waals surface area contributed by atoms with Crippen LogP contribution in [-0.4, -0.2) is 6.61 Å². The predicted molar refractivity (Wildman–Crippen MR) is 123 cm³/mol. The molecule has 3 aliphatic carbocycles. The molecule has 6 unspecified atom stereocenters. The van der Waals surface area contributed by atoms with E-state index >= 15 is 0 Å². The Morgan fingerprint density at radius 2 is 1.66 bits per heavy atom. The SMILES string of the molecule is CC.CC1C=CCC2C3CC(C12)C(C)(COc1ccc(-c2ccccc2)cc1)C3. The van der Waals surface area contributed by atoms with E-state index in [1.807, 2.05) is 13.8 Å². The first-order valence-electron chi connectivity index (χ1n) is 11.6. The molecule has 0 radical (unpaired) electrons. The Bertz CT molecular complexity index is 821. The Labute approximate surface area is 177 Å². The smallest absolute Gasteiger partial charge is 0.119 e. The molecule has 29 heavy (non-hydrogen) atoms. The summed E-state index contributed by atoms with van der Waals surface area (Å²) < 4.78 is 6.33. The molecule has 0 heterocycles. The summed E-state index contributed by atoms with van der Waals surface area (Å²) >= 11 is 0. The van der Waals surface area contributed by atoms with Crippen LogP contribution in [0.15, 0.2) is 66.7 Å². The number of benzene rings is 2. The lowest BCUT2D eigenvalue weighted by atomic mass is 9.60. The maximum atomic E-state index is 6.33. The fraction of sp³-hybridized carbons (Fsp3) is 0.500. The third kappa shape index (κ3) is 3.77. The first kappa shape index (κ1) is 20.3. The Morgan fingerprint density at radius 1 is 0.966 bits per heavy atom. The first-order valence-corrected chi connectivity index (χ1v) is 11.6. The molecule has 1 nitrogen and oxygen atoms in total. The maximum absolute atomic E-state index is 6.33. The molecule has 0 aliphatic heterocycles. The highest BCUT2D eigenvalue weighted by Gasteiger charge is 2.59. The summed E-state index contributed by atoms with van der Waals surface area (Å²) in [5.74, 6) is 5.31. The molecule has 0 N–H and O–H groups in total. The van der Waals surface area contributed by atoms with Crippen molar-refractivity contribution in [3.63, 3.8) is 0 Å². The van der Waals surface area contributed by atoms with E-state index in [4.69, 9.17) is 4.74 Å². The molecule has 6 atom stereocenters. The molecule has 2 aromatic rings. The average Bonchev–Trinajstić information content (AvgIpc) is 3.31. The largest absolute Gasteiger partial charge is 0.493 e. The van der Waals surface area contributed by atoms with Crippen molar-refractivity contribution in [3.8, 4) is 16.9 Å². The summed E-state index contributed by atoms with van der Waals surface area (Å²) in [6.07, 6.45) is 8.99. The number of allylic oxidation sites excluding steroid dienone is 2. The van der Waals surface area contributed by atoms with E-state index in [9.17, 15) is 0 Å². The molecule has 2 aromatic carbocycles. The second-order valence-corrected chi connectivity index (χ2v) is 9.40. The monoisotopic (exact) mass is 388 g/mol. The normalized spacial score (nSPS) is 34.3. The van der Waals surface area contributed by atoms with Crippen molar-refractivity contribution in [1.82, 2.24) is 0 Å². The minimum Gasteiger partial charge on any atom is -0.493 e.